The summed E-state index contributed by atoms with van der Waals surface area (Å²) in [5.74, 6) is 0.297. The van der Waals surface area contributed by atoms with E-state index in [4.69, 9.17) is 0 Å². The normalized spacial score (nSPS) is 11.0. The minimum absolute atomic E-state index is 0.0386. The largest absolute Gasteiger partial charge is 0.435 e. The van der Waals surface area contributed by atoms with Crippen LogP contribution in [0.5, 0.6) is 5.75 Å². The molecule has 0 aliphatic heterocycles. The minimum atomic E-state index is -2.87. The maximum absolute atomic E-state index is 12.3. The summed E-state index contributed by atoms with van der Waals surface area (Å²) in [6, 6.07) is 13.1. The molecule has 21 heavy (non-hydrogen) atoms. The highest BCUT2D eigenvalue weighted by atomic mass is 19.3. The molecule has 4 heteroatoms. The van der Waals surface area contributed by atoms with E-state index >= 15 is 0 Å². The van der Waals surface area contributed by atoms with E-state index in [-0.39, 0.29) is 11.5 Å². The lowest BCUT2D eigenvalue weighted by Gasteiger charge is -2.07. The van der Waals surface area contributed by atoms with Gasteiger partial charge in [0.1, 0.15) is 5.75 Å². The van der Waals surface area contributed by atoms with Crippen LogP contribution in [0.3, 0.4) is 0 Å². The number of carbonyl (C=O) groups excluding carboxylic acids is 1. The summed E-state index contributed by atoms with van der Waals surface area (Å²) < 4.78 is 28.4. The van der Waals surface area contributed by atoms with Crippen molar-refractivity contribution in [3.05, 3.63) is 65.2 Å². The van der Waals surface area contributed by atoms with Gasteiger partial charge in [-0.1, -0.05) is 38.1 Å². The first-order valence-corrected chi connectivity index (χ1v) is 6.67. The van der Waals surface area contributed by atoms with E-state index in [1.807, 2.05) is 12.1 Å². The fourth-order valence-electron chi connectivity index (χ4n) is 1.97. The third-order valence-corrected chi connectivity index (χ3v) is 3.18. The number of alkyl halides is 2. The SMILES string of the molecule is CC(C)c1ccc(C(=O)c2ccc(OC(F)F)cc2)cc1. The second-order valence-corrected chi connectivity index (χ2v) is 5.01. The Balaban J connectivity index is 2.15. The minimum Gasteiger partial charge on any atom is -0.435 e. The molecule has 0 atom stereocenters. The fourth-order valence-corrected chi connectivity index (χ4v) is 1.97. The zero-order valence-electron chi connectivity index (χ0n) is 11.8. The van der Waals surface area contributed by atoms with Gasteiger partial charge in [-0.15, -0.1) is 0 Å². The molecule has 0 fully saturated rings. The molecule has 0 aliphatic rings. The molecule has 2 aromatic rings. The van der Waals surface area contributed by atoms with Gasteiger partial charge in [-0.05, 0) is 35.7 Å². The molecule has 0 aliphatic carbocycles. The number of benzene rings is 2. The topological polar surface area (TPSA) is 26.3 Å². The number of hydrogen-bond acceptors (Lipinski definition) is 2. The fraction of sp³-hybridized carbons (Fsp3) is 0.235. The van der Waals surface area contributed by atoms with E-state index < -0.39 is 6.61 Å². The number of carbonyl (C=O) groups is 1. The van der Waals surface area contributed by atoms with Crippen molar-refractivity contribution in [3.63, 3.8) is 0 Å². The van der Waals surface area contributed by atoms with E-state index in [0.29, 0.717) is 17.0 Å². The van der Waals surface area contributed by atoms with Crippen molar-refractivity contribution in [2.45, 2.75) is 26.4 Å². The Morgan fingerprint density at radius 2 is 1.38 bits per heavy atom. The van der Waals surface area contributed by atoms with Crippen LogP contribution in [0.25, 0.3) is 0 Å². The average Bonchev–Trinajstić information content (AvgIpc) is 2.47. The monoisotopic (exact) mass is 290 g/mol. The van der Waals surface area contributed by atoms with E-state index in [9.17, 15) is 13.6 Å². The summed E-state index contributed by atoms with van der Waals surface area (Å²) in [6.07, 6.45) is 0. The molecule has 0 amide bonds. The second-order valence-electron chi connectivity index (χ2n) is 5.01. The van der Waals surface area contributed by atoms with Crippen molar-refractivity contribution in [2.24, 2.45) is 0 Å². The lowest BCUT2D eigenvalue weighted by Crippen LogP contribution is -2.04. The molecule has 0 aromatic heterocycles. The Bertz CT molecular complexity index is 602. The molecule has 0 unspecified atom stereocenters. The Kier molecular flexibility index (Phi) is 4.68. The first-order chi connectivity index (χ1) is 9.97. The smallest absolute Gasteiger partial charge is 0.387 e. The van der Waals surface area contributed by atoms with Crippen molar-refractivity contribution in [1.29, 1.82) is 0 Å². The first-order valence-electron chi connectivity index (χ1n) is 6.67. The Hall–Kier alpha value is -2.23. The van der Waals surface area contributed by atoms with E-state index in [2.05, 4.69) is 18.6 Å². The maximum atomic E-state index is 12.3. The van der Waals surface area contributed by atoms with Gasteiger partial charge in [0.25, 0.3) is 0 Å². The van der Waals surface area contributed by atoms with Crippen LogP contribution < -0.4 is 4.74 Å². The Morgan fingerprint density at radius 1 is 0.905 bits per heavy atom. The predicted octanol–water partition coefficient (Wildman–Crippen LogP) is 4.64. The Morgan fingerprint density at radius 3 is 1.81 bits per heavy atom. The molecule has 2 aromatic carbocycles. The molecule has 0 saturated heterocycles. The van der Waals surface area contributed by atoms with Gasteiger partial charge in [0.15, 0.2) is 5.78 Å². The highest BCUT2D eigenvalue weighted by molar-refractivity contribution is 6.09. The molecule has 0 N–H and O–H groups in total. The standard InChI is InChI=1S/C17H16F2O2/c1-11(2)12-3-5-13(6-4-12)16(20)14-7-9-15(10-8-14)21-17(18)19/h3-11,17H,1-2H3. The van der Waals surface area contributed by atoms with E-state index in [0.717, 1.165) is 5.56 Å². The molecule has 0 spiro atoms. The summed E-state index contributed by atoms with van der Waals surface area (Å²) in [5, 5.41) is 0. The first kappa shape index (κ1) is 15.2. The molecule has 0 bridgehead atoms. The lowest BCUT2D eigenvalue weighted by molar-refractivity contribution is -0.0498. The summed E-state index contributed by atoms with van der Waals surface area (Å²) in [5.41, 5.74) is 2.17. The van der Waals surface area contributed by atoms with Gasteiger partial charge in [0.2, 0.25) is 0 Å². The van der Waals surface area contributed by atoms with Gasteiger partial charge >= 0.3 is 6.61 Å². The quantitative estimate of drug-likeness (QED) is 0.750. The van der Waals surface area contributed by atoms with E-state index in [1.54, 1.807) is 12.1 Å². The Labute approximate surface area is 122 Å². The van der Waals surface area contributed by atoms with Gasteiger partial charge < -0.3 is 4.74 Å². The number of hydrogen-bond donors (Lipinski definition) is 0. The van der Waals surface area contributed by atoms with Crippen LogP contribution in [0.2, 0.25) is 0 Å². The summed E-state index contributed by atoms with van der Waals surface area (Å²) in [7, 11) is 0. The predicted molar refractivity (Wildman–Crippen MR) is 77.0 cm³/mol. The van der Waals surface area contributed by atoms with Gasteiger partial charge in [0.05, 0.1) is 0 Å². The molecule has 2 nitrogen and oxygen atoms in total. The third kappa shape index (κ3) is 3.88. The van der Waals surface area contributed by atoms with Crippen LogP contribution in [0.15, 0.2) is 48.5 Å². The van der Waals surface area contributed by atoms with E-state index in [1.165, 1.54) is 24.3 Å². The lowest BCUT2D eigenvalue weighted by atomic mass is 9.98. The van der Waals surface area contributed by atoms with Crippen molar-refractivity contribution in [3.8, 4) is 5.75 Å². The summed E-state index contributed by atoms with van der Waals surface area (Å²) >= 11 is 0. The average molecular weight is 290 g/mol. The van der Waals surface area contributed by atoms with Crippen molar-refractivity contribution in [1.82, 2.24) is 0 Å². The highest BCUT2D eigenvalue weighted by Crippen LogP contribution is 2.19. The van der Waals surface area contributed by atoms with Crippen LogP contribution in [0.4, 0.5) is 8.78 Å². The van der Waals surface area contributed by atoms with Crippen molar-refractivity contribution in [2.75, 3.05) is 0 Å². The van der Waals surface area contributed by atoms with Crippen LogP contribution >= 0.6 is 0 Å². The zero-order valence-corrected chi connectivity index (χ0v) is 11.8. The van der Waals surface area contributed by atoms with Gasteiger partial charge in [-0.2, -0.15) is 8.78 Å². The van der Waals surface area contributed by atoms with Gasteiger partial charge in [-0.3, -0.25) is 4.79 Å². The van der Waals surface area contributed by atoms with Crippen LogP contribution in [0.1, 0.15) is 41.3 Å². The number of halogens is 2. The number of ketones is 1. The van der Waals surface area contributed by atoms with Crippen molar-refractivity contribution < 1.29 is 18.3 Å². The molecular weight excluding hydrogens is 274 g/mol. The maximum Gasteiger partial charge on any atom is 0.387 e. The van der Waals surface area contributed by atoms with Gasteiger partial charge in [-0.25, -0.2) is 0 Å². The molecule has 0 heterocycles. The zero-order chi connectivity index (χ0) is 15.4. The number of ether oxygens (including phenoxy) is 1. The van der Waals surface area contributed by atoms with Crippen LogP contribution in [-0.4, -0.2) is 12.4 Å². The molecule has 110 valence electrons. The summed E-state index contributed by atoms with van der Waals surface area (Å²) in [4.78, 5) is 12.3. The molecule has 0 radical (unpaired) electrons. The summed E-state index contributed by atoms with van der Waals surface area (Å²) in [6.45, 7) is 1.30. The van der Waals surface area contributed by atoms with Crippen molar-refractivity contribution >= 4 is 5.78 Å². The van der Waals surface area contributed by atoms with Gasteiger partial charge in [0, 0.05) is 11.1 Å². The number of rotatable bonds is 5. The van der Waals surface area contributed by atoms with Crippen LogP contribution in [0, 0.1) is 0 Å². The molecule has 0 saturated carbocycles. The second kappa shape index (κ2) is 6.48. The molecule has 2 rings (SSSR count). The molecular formula is C17H16F2O2. The van der Waals surface area contributed by atoms with Crippen LogP contribution in [-0.2, 0) is 0 Å². The third-order valence-electron chi connectivity index (χ3n) is 3.18. The highest BCUT2D eigenvalue weighted by Gasteiger charge is 2.11.